The first-order valence-corrected chi connectivity index (χ1v) is 8.95. The summed E-state index contributed by atoms with van der Waals surface area (Å²) < 4.78 is 5.90. The Hall–Kier alpha value is -0.680. The van der Waals surface area contributed by atoms with E-state index in [1.807, 2.05) is 36.0 Å². The summed E-state index contributed by atoms with van der Waals surface area (Å²) in [5.41, 5.74) is 3.74. The Bertz CT molecular complexity index is 595. The van der Waals surface area contributed by atoms with E-state index in [2.05, 4.69) is 5.43 Å². The van der Waals surface area contributed by atoms with Crippen molar-refractivity contribution in [1.82, 2.24) is 5.43 Å². The van der Waals surface area contributed by atoms with Gasteiger partial charge in [0.15, 0.2) is 0 Å². The van der Waals surface area contributed by atoms with Gasteiger partial charge in [0.2, 0.25) is 0 Å². The van der Waals surface area contributed by atoms with Crippen LogP contribution in [0.4, 0.5) is 0 Å². The Labute approximate surface area is 134 Å². The fraction of sp³-hybridized carbons (Fsp3) is 0.500. The molecular formula is C16H21ClN2OS. The van der Waals surface area contributed by atoms with Crippen LogP contribution in [0.25, 0.3) is 11.0 Å². The maximum Gasteiger partial charge on any atom is 0.134 e. The number of benzene rings is 1. The number of hydrogen-bond donors (Lipinski definition) is 2. The minimum absolute atomic E-state index is 0.0445. The third-order valence-electron chi connectivity index (χ3n) is 4.09. The number of fused-ring (bicyclic) bond motifs is 1. The van der Waals surface area contributed by atoms with Crippen LogP contribution in [0.5, 0.6) is 0 Å². The zero-order valence-electron chi connectivity index (χ0n) is 12.0. The average Bonchev–Trinajstić information content (AvgIpc) is 2.92. The molecule has 0 saturated heterocycles. The lowest BCUT2D eigenvalue weighted by molar-refractivity contribution is 0.461. The molecule has 0 bridgehead atoms. The Balaban J connectivity index is 1.68. The second-order valence-electron chi connectivity index (χ2n) is 5.64. The van der Waals surface area contributed by atoms with Gasteiger partial charge in [0, 0.05) is 21.4 Å². The summed E-state index contributed by atoms with van der Waals surface area (Å²) in [5.74, 6) is 7.55. The first kappa shape index (κ1) is 15.2. The lowest BCUT2D eigenvalue weighted by atomic mass is 10.0. The number of hydrazine groups is 1. The second kappa shape index (κ2) is 7.05. The zero-order chi connectivity index (χ0) is 14.7. The minimum Gasteiger partial charge on any atom is -0.459 e. The molecular weight excluding hydrogens is 304 g/mol. The van der Waals surface area contributed by atoms with Gasteiger partial charge in [-0.05, 0) is 37.1 Å². The second-order valence-corrected chi connectivity index (χ2v) is 7.41. The molecule has 1 aromatic carbocycles. The van der Waals surface area contributed by atoms with E-state index in [9.17, 15) is 0 Å². The average molecular weight is 325 g/mol. The Morgan fingerprint density at radius 2 is 2.10 bits per heavy atom. The maximum absolute atomic E-state index is 6.02. The Kier molecular flexibility index (Phi) is 5.11. The molecule has 3 nitrogen and oxygen atoms in total. The van der Waals surface area contributed by atoms with Crippen molar-refractivity contribution in [2.75, 3.05) is 5.75 Å². The van der Waals surface area contributed by atoms with Gasteiger partial charge >= 0.3 is 0 Å². The monoisotopic (exact) mass is 324 g/mol. The molecule has 1 heterocycles. The number of halogens is 1. The molecule has 5 heteroatoms. The summed E-state index contributed by atoms with van der Waals surface area (Å²) >= 11 is 8.03. The van der Waals surface area contributed by atoms with Gasteiger partial charge in [-0.1, -0.05) is 30.9 Å². The summed E-state index contributed by atoms with van der Waals surface area (Å²) in [4.78, 5) is 0. The number of nitrogens with two attached hydrogens (primary N) is 1. The predicted molar refractivity (Wildman–Crippen MR) is 90.6 cm³/mol. The highest BCUT2D eigenvalue weighted by molar-refractivity contribution is 7.99. The van der Waals surface area contributed by atoms with Crippen LogP contribution in [-0.2, 0) is 0 Å². The highest BCUT2D eigenvalue weighted by atomic mass is 35.5. The van der Waals surface area contributed by atoms with Crippen molar-refractivity contribution in [2.45, 2.75) is 43.4 Å². The minimum atomic E-state index is 0.0445. The lowest BCUT2D eigenvalue weighted by Crippen LogP contribution is -2.30. The Morgan fingerprint density at radius 3 is 2.86 bits per heavy atom. The summed E-state index contributed by atoms with van der Waals surface area (Å²) in [6, 6.07) is 7.75. The molecule has 1 unspecified atom stereocenters. The van der Waals surface area contributed by atoms with Crippen molar-refractivity contribution in [1.29, 1.82) is 0 Å². The number of furan rings is 1. The summed E-state index contributed by atoms with van der Waals surface area (Å²) in [5, 5.41) is 2.53. The molecule has 3 N–H and O–H groups in total. The highest BCUT2D eigenvalue weighted by Gasteiger charge is 2.19. The van der Waals surface area contributed by atoms with Gasteiger partial charge in [0.1, 0.15) is 11.3 Å². The quantitative estimate of drug-likeness (QED) is 0.620. The molecule has 21 heavy (non-hydrogen) atoms. The lowest BCUT2D eigenvalue weighted by Gasteiger charge is -2.23. The molecule has 1 saturated carbocycles. The van der Waals surface area contributed by atoms with Crippen molar-refractivity contribution in [3.8, 4) is 0 Å². The molecule has 0 amide bonds. The molecule has 0 spiro atoms. The van der Waals surface area contributed by atoms with Crippen LogP contribution in [0.3, 0.4) is 0 Å². The molecule has 0 radical (unpaired) electrons. The third-order valence-corrected chi connectivity index (χ3v) is 5.80. The van der Waals surface area contributed by atoms with Crippen molar-refractivity contribution in [3.63, 3.8) is 0 Å². The van der Waals surface area contributed by atoms with E-state index in [1.165, 1.54) is 32.1 Å². The van der Waals surface area contributed by atoms with Crippen LogP contribution in [0.15, 0.2) is 28.7 Å². The van der Waals surface area contributed by atoms with E-state index in [4.69, 9.17) is 21.9 Å². The van der Waals surface area contributed by atoms with Crippen LogP contribution in [0.1, 0.15) is 43.9 Å². The molecule has 1 atom stereocenters. The van der Waals surface area contributed by atoms with Crippen LogP contribution in [-0.4, -0.2) is 11.0 Å². The number of nitrogens with one attached hydrogen (secondary N) is 1. The van der Waals surface area contributed by atoms with Gasteiger partial charge in [-0.3, -0.25) is 5.84 Å². The van der Waals surface area contributed by atoms with Crippen LogP contribution < -0.4 is 11.3 Å². The first-order valence-electron chi connectivity index (χ1n) is 7.53. The number of thioether (sulfide) groups is 1. The van der Waals surface area contributed by atoms with Crippen molar-refractivity contribution in [2.24, 2.45) is 5.84 Å². The normalized spacial score (nSPS) is 18.2. The molecule has 1 aromatic heterocycles. The van der Waals surface area contributed by atoms with Gasteiger partial charge < -0.3 is 4.42 Å². The van der Waals surface area contributed by atoms with E-state index >= 15 is 0 Å². The van der Waals surface area contributed by atoms with Gasteiger partial charge in [0.25, 0.3) is 0 Å². The molecule has 1 aliphatic carbocycles. The maximum atomic E-state index is 6.02. The van der Waals surface area contributed by atoms with Crippen molar-refractivity contribution < 1.29 is 4.42 Å². The molecule has 114 valence electrons. The van der Waals surface area contributed by atoms with Crippen LogP contribution >= 0.6 is 23.4 Å². The number of rotatable bonds is 5. The molecule has 1 aliphatic rings. The van der Waals surface area contributed by atoms with E-state index < -0.39 is 0 Å². The summed E-state index contributed by atoms with van der Waals surface area (Å²) in [7, 11) is 0. The standard InChI is InChI=1S/C16H21ClN2OS/c17-12-6-7-15-11(8-12)9-16(20-15)14(19-18)10-21-13-4-2-1-3-5-13/h6-9,13-14,19H,1-5,10,18H2. The summed E-state index contributed by atoms with van der Waals surface area (Å²) in [6.07, 6.45) is 6.78. The predicted octanol–water partition coefficient (Wildman–Crippen LogP) is 4.66. The van der Waals surface area contributed by atoms with Crippen LogP contribution in [0.2, 0.25) is 5.02 Å². The fourth-order valence-corrected chi connectivity index (χ4v) is 4.46. The largest absolute Gasteiger partial charge is 0.459 e. The van der Waals surface area contributed by atoms with Crippen LogP contribution in [0, 0.1) is 0 Å². The topological polar surface area (TPSA) is 51.2 Å². The van der Waals surface area contributed by atoms with E-state index in [0.717, 1.165) is 32.8 Å². The van der Waals surface area contributed by atoms with Crippen molar-refractivity contribution >= 4 is 34.3 Å². The SMILES string of the molecule is NNC(CSC1CCCCC1)c1cc2cc(Cl)ccc2o1. The third kappa shape index (κ3) is 3.75. The molecule has 2 aromatic rings. The smallest absolute Gasteiger partial charge is 0.134 e. The van der Waals surface area contributed by atoms with Gasteiger partial charge in [-0.15, -0.1) is 0 Å². The van der Waals surface area contributed by atoms with Gasteiger partial charge in [0.05, 0.1) is 6.04 Å². The summed E-state index contributed by atoms with van der Waals surface area (Å²) in [6.45, 7) is 0. The molecule has 0 aliphatic heterocycles. The van der Waals surface area contributed by atoms with E-state index in [1.54, 1.807) is 0 Å². The zero-order valence-corrected chi connectivity index (χ0v) is 13.6. The van der Waals surface area contributed by atoms with E-state index in [0.29, 0.717) is 0 Å². The van der Waals surface area contributed by atoms with Gasteiger partial charge in [-0.2, -0.15) is 11.8 Å². The van der Waals surface area contributed by atoms with E-state index in [-0.39, 0.29) is 6.04 Å². The van der Waals surface area contributed by atoms with Crippen molar-refractivity contribution in [3.05, 3.63) is 35.0 Å². The fourth-order valence-electron chi connectivity index (χ4n) is 2.88. The molecule has 3 rings (SSSR count). The first-order chi connectivity index (χ1) is 10.3. The molecule has 1 fully saturated rings. The van der Waals surface area contributed by atoms with Gasteiger partial charge in [-0.25, -0.2) is 5.43 Å². The highest BCUT2D eigenvalue weighted by Crippen LogP contribution is 2.32. The number of hydrogen-bond acceptors (Lipinski definition) is 4. The Morgan fingerprint density at radius 1 is 1.29 bits per heavy atom.